The Morgan fingerprint density at radius 1 is 1.21 bits per heavy atom. The third-order valence-electron chi connectivity index (χ3n) is 4.14. The minimum Gasteiger partial charge on any atom is -0.493 e. The molecule has 2 heteroatoms. The van der Waals surface area contributed by atoms with Crippen LogP contribution in [0, 0.1) is 0 Å². The van der Waals surface area contributed by atoms with E-state index < -0.39 is 0 Å². The van der Waals surface area contributed by atoms with Crippen molar-refractivity contribution in [1.82, 2.24) is 4.90 Å². The van der Waals surface area contributed by atoms with E-state index in [4.69, 9.17) is 4.74 Å². The Bertz CT molecular complexity index is 371. The maximum Gasteiger partial charge on any atom is 0.122 e. The Hall–Kier alpha value is -1.02. The van der Waals surface area contributed by atoms with Gasteiger partial charge in [0.2, 0.25) is 0 Å². The summed E-state index contributed by atoms with van der Waals surface area (Å²) in [4.78, 5) is 2.55. The van der Waals surface area contributed by atoms with Gasteiger partial charge in [0.1, 0.15) is 5.75 Å². The normalized spacial score (nSPS) is 17.6. The van der Waals surface area contributed by atoms with Crippen LogP contribution in [0.2, 0.25) is 0 Å². The zero-order valence-corrected chi connectivity index (χ0v) is 12.4. The van der Waals surface area contributed by atoms with Gasteiger partial charge in [-0.15, -0.1) is 0 Å². The van der Waals surface area contributed by atoms with Crippen molar-refractivity contribution in [3.8, 4) is 5.75 Å². The lowest BCUT2D eigenvalue weighted by Gasteiger charge is -2.17. The van der Waals surface area contributed by atoms with Gasteiger partial charge in [0.25, 0.3) is 0 Å². The second-order valence-electron chi connectivity index (χ2n) is 5.60. The number of hydrogen-bond acceptors (Lipinski definition) is 2. The Morgan fingerprint density at radius 2 is 1.95 bits per heavy atom. The number of likely N-dealkylation sites (tertiary alicyclic amines) is 1. The minimum atomic E-state index is 0.579. The summed E-state index contributed by atoms with van der Waals surface area (Å²) in [6.07, 6.45) is 5.04. The van der Waals surface area contributed by atoms with Crippen LogP contribution in [0.15, 0.2) is 24.3 Å². The quantitative estimate of drug-likeness (QED) is 0.686. The van der Waals surface area contributed by atoms with E-state index in [1.54, 1.807) is 0 Å². The number of rotatable bonds is 7. The third kappa shape index (κ3) is 4.24. The van der Waals surface area contributed by atoms with E-state index >= 15 is 0 Å². The van der Waals surface area contributed by atoms with Crippen LogP contribution in [0.25, 0.3) is 0 Å². The molecule has 0 saturated carbocycles. The van der Waals surface area contributed by atoms with Gasteiger partial charge in [-0.25, -0.2) is 0 Å². The first-order valence-electron chi connectivity index (χ1n) is 7.75. The smallest absolute Gasteiger partial charge is 0.122 e. The fourth-order valence-corrected chi connectivity index (χ4v) is 2.72. The molecular formula is C17H27NO. The molecule has 19 heavy (non-hydrogen) atoms. The van der Waals surface area contributed by atoms with Gasteiger partial charge in [0.15, 0.2) is 0 Å². The second-order valence-corrected chi connectivity index (χ2v) is 5.60. The number of benzene rings is 1. The molecule has 1 atom stereocenters. The molecule has 0 aliphatic carbocycles. The van der Waals surface area contributed by atoms with Crippen LogP contribution in [-0.4, -0.2) is 31.1 Å². The first kappa shape index (κ1) is 14.4. The predicted molar refractivity (Wildman–Crippen MR) is 80.9 cm³/mol. The van der Waals surface area contributed by atoms with E-state index in [2.05, 4.69) is 43.0 Å². The number of para-hydroxylation sites is 1. The van der Waals surface area contributed by atoms with Gasteiger partial charge in [-0.05, 0) is 56.3 Å². The summed E-state index contributed by atoms with van der Waals surface area (Å²) in [7, 11) is 0. The maximum absolute atomic E-state index is 5.99. The average Bonchev–Trinajstić information content (AvgIpc) is 2.96. The highest BCUT2D eigenvalue weighted by Gasteiger charge is 2.11. The van der Waals surface area contributed by atoms with Crippen molar-refractivity contribution < 1.29 is 4.74 Å². The number of ether oxygens (including phenoxy) is 1. The van der Waals surface area contributed by atoms with Gasteiger partial charge in [-0.1, -0.05) is 32.0 Å². The van der Waals surface area contributed by atoms with E-state index in [1.165, 1.54) is 38.0 Å². The SMILES string of the molecule is CC[C@@H](C)c1ccccc1OCCCN1CCCC1. The molecule has 2 rings (SSSR count). The lowest BCUT2D eigenvalue weighted by atomic mass is 9.98. The lowest BCUT2D eigenvalue weighted by molar-refractivity contribution is 0.261. The minimum absolute atomic E-state index is 0.579. The molecule has 0 bridgehead atoms. The summed E-state index contributed by atoms with van der Waals surface area (Å²) in [5, 5.41) is 0. The summed E-state index contributed by atoms with van der Waals surface area (Å²) in [5.41, 5.74) is 1.35. The molecule has 106 valence electrons. The molecule has 0 N–H and O–H groups in total. The molecule has 0 radical (unpaired) electrons. The van der Waals surface area contributed by atoms with Gasteiger partial charge in [-0.2, -0.15) is 0 Å². The van der Waals surface area contributed by atoms with E-state index in [9.17, 15) is 0 Å². The fraction of sp³-hybridized carbons (Fsp3) is 0.647. The Kier molecular flexibility index (Phi) is 5.71. The van der Waals surface area contributed by atoms with Crippen molar-refractivity contribution in [2.24, 2.45) is 0 Å². The molecule has 0 unspecified atom stereocenters. The van der Waals surface area contributed by atoms with Crippen molar-refractivity contribution in [3.05, 3.63) is 29.8 Å². The molecule has 1 aliphatic rings. The summed E-state index contributed by atoms with van der Waals surface area (Å²) in [6.45, 7) is 9.09. The molecule has 1 aromatic carbocycles. The molecule has 1 aliphatic heterocycles. The van der Waals surface area contributed by atoms with Gasteiger partial charge in [0, 0.05) is 6.54 Å². The van der Waals surface area contributed by atoms with Crippen LogP contribution in [0.3, 0.4) is 0 Å². The van der Waals surface area contributed by atoms with Crippen LogP contribution >= 0.6 is 0 Å². The molecule has 0 aromatic heterocycles. The van der Waals surface area contributed by atoms with E-state index in [0.717, 1.165) is 25.2 Å². The van der Waals surface area contributed by atoms with Crippen molar-refractivity contribution in [2.75, 3.05) is 26.2 Å². The summed E-state index contributed by atoms with van der Waals surface area (Å²) < 4.78 is 5.99. The predicted octanol–water partition coefficient (Wildman–Crippen LogP) is 4.06. The molecule has 1 fully saturated rings. The first-order valence-corrected chi connectivity index (χ1v) is 7.75. The van der Waals surface area contributed by atoms with Crippen molar-refractivity contribution in [1.29, 1.82) is 0 Å². The largest absolute Gasteiger partial charge is 0.493 e. The maximum atomic E-state index is 5.99. The van der Waals surface area contributed by atoms with Crippen LogP contribution in [0.5, 0.6) is 5.75 Å². The van der Waals surface area contributed by atoms with Crippen molar-refractivity contribution in [3.63, 3.8) is 0 Å². The van der Waals surface area contributed by atoms with Crippen molar-refractivity contribution >= 4 is 0 Å². The fourth-order valence-electron chi connectivity index (χ4n) is 2.72. The highest BCUT2D eigenvalue weighted by molar-refractivity contribution is 5.35. The van der Waals surface area contributed by atoms with Gasteiger partial charge in [-0.3, -0.25) is 0 Å². The first-order chi connectivity index (χ1) is 9.31. The molecule has 1 heterocycles. The van der Waals surface area contributed by atoms with Crippen LogP contribution in [0.4, 0.5) is 0 Å². The van der Waals surface area contributed by atoms with E-state index in [1.807, 2.05) is 0 Å². The lowest BCUT2D eigenvalue weighted by Crippen LogP contribution is -2.22. The summed E-state index contributed by atoms with van der Waals surface area (Å²) >= 11 is 0. The van der Waals surface area contributed by atoms with Crippen molar-refractivity contribution in [2.45, 2.75) is 45.4 Å². The topological polar surface area (TPSA) is 12.5 Å². The monoisotopic (exact) mass is 261 g/mol. The molecular weight excluding hydrogens is 234 g/mol. The summed E-state index contributed by atoms with van der Waals surface area (Å²) in [5.74, 6) is 1.66. The Balaban J connectivity index is 1.78. The summed E-state index contributed by atoms with van der Waals surface area (Å²) in [6, 6.07) is 8.49. The van der Waals surface area contributed by atoms with E-state index in [-0.39, 0.29) is 0 Å². The van der Waals surface area contributed by atoms with Gasteiger partial charge < -0.3 is 9.64 Å². The number of nitrogens with zero attached hydrogens (tertiary/aromatic N) is 1. The third-order valence-corrected chi connectivity index (χ3v) is 4.14. The highest BCUT2D eigenvalue weighted by atomic mass is 16.5. The van der Waals surface area contributed by atoms with Crippen LogP contribution in [0.1, 0.15) is 51.0 Å². The zero-order chi connectivity index (χ0) is 13.5. The van der Waals surface area contributed by atoms with Gasteiger partial charge >= 0.3 is 0 Å². The highest BCUT2D eigenvalue weighted by Crippen LogP contribution is 2.28. The average molecular weight is 261 g/mol. The second kappa shape index (κ2) is 7.54. The van der Waals surface area contributed by atoms with Crippen LogP contribution < -0.4 is 4.74 Å². The Labute approximate surface area is 117 Å². The standard InChI is InChI=1S/C17H27NO/c1-3-15(2)16-9-4-5-10-17(16)19-14-8-13-18-11-6-7-12-18/h4-5,9-10,15H,3,6-8,11-14H2,1-2H3/t15-/m1/s1. The molecule has 2 nitrogen and oxygen atoms in total. The molecule has 0 spiro atoms. The molecule has 1 aromatic rings. The van der Waals surface area contributed by atoms with Gasteiger partial charge in [0.05, 0.1) is 6.61 Å². The van der Waals surface area contributed by atoms with Crippen LogP contribution in [-0.2, 0) is 0 Å². The Morgan fingerprint density at radius 3 is 2.68 bits per heavy atom. The zero-order valence-electron chi connectivity index (χ0n) is 12.4. The number of hydrogen-bond donors (Lipinski definition) is 0. The molecule has 0 amide bonds. The van der Waals surface area contributed by atoms with E-state index in [0.29, 0.717) is 5.92 Å². The molecule has 1 saturated heterocycles.